The molecule has 0 bridgehead atoms. The highest BCUT2D eigenvalue weighted by Gasteiger charge is 2.33. The van der Waals surface area contributed by atoms with Crippen LogP contribution in [0.25, 0.3) is 22.6 Å². The number of fused-ring (bicyclic) bond motifs is 1. The number of hydrogen-bond acceptors (Lipinski definition) is 8. The summed E-state index contributed by atoms with van der Waals surface area (Å²) < 4.78 is 2.03. The lowest BCUT2D eigenvalue weighted by Crippen LogP contribution is -2.50. The number of likely N-dealkylation sites (tertiary alicyclic amines) is 1. The molecule has 3 aromatic rings. The molecule has 0 aliphatic carbocycles. The first-order valence-electron chi connectivity index (χ1n) is 10.1. The molecule has 0 spiro atoms. The summed E-state index contributed by atoms with van der Waals surface area (Å²) in [6.45, 7) is 9.31. The number of hydrogen-bond donors (Lipinski definition) is 2. The van der Waals surface area contributed by atoms with E-state index in [1.807, 2.05) is 18.4 Å². The molecule has 0 saturated carbocycles. The Bertz CT molecular complexity index is 1070. The number of aromatic nitrogens is 6. The molecular weight excluding hydrogens is 382 g/mol. The van der Waals surface area contributed by atoms with Gasteiger partial charge in [-0.05, 0) is 34.1 Å². The molecule has 10 nitrogen and oxygen atoms in total. The maximum Gasteiger partial charge on any atom is 0.242 e. The molecule has 158 valence electrons. The van der Waals surface area contributed by atoms with Gasteiger partial charge in [-0.2, -0.15) is 0 Å². The lowest BCUT2D eigenvalue weighted by Gasteiger charge is -2.25. The largest absolute Gasteiger partial charge is 0.364 e. The van der Waals surface area contributed by atoms with E-state index in [-0.39, 0.29) is 11.9 Å². The molecule has 0 radical (unpaired) electrons. The minimum absolute atomic E-state index is 0.0449. The Kier molecular flexibility index (Phi) is 5.10. The van der Waals surface area contributed by atoms with Crippen molar-refractivity contribution in [3.8, 4) is 11.4 Å². The molecule has 1 amide bonds. The van der Waals surface area contributed by atoms with Gasteiger partial charge >= 0.3 is 0 Å². The van der Waals surface area contributed by atoms with Crippen molar-refractivity contribution in [2.24, 2.45) is 5.73 Å². The SMILES string of the molecule is CCn1c(-c2cnc(C)nc2)nc2c(NC3CCN(C(=O)C(C)(C)N)C3)ncnc21. The molecule has 4 rings (SSSR count). The van der Waals surface area contributed by atoms with Crippen LogP contribution in [0.15, 0.2) is 18.7 Å². The standard InChI is InChI=1S/C20H27N9O/c1-5-29-17(13-8-22-12(2)23-9-13)27-15-16(24-11-25-18(15)29)26-14-6-7-28(10-14)19(30)20(3,4)21/h8-9,11,14H,5-7,10,21H2,1-4H3,(H,24,25,26). The topological polar surface area (TPSA) is 128 Å². The maximum absolute atomic E-state index is 12.5. The Morgan fingerprint density at radius 1 is 1.27 bits per heavy atom. The quantitative estimate of drug-likeness (QED) is 0.646. The van der Waals surface area contributed by atoms with Crippen LogP contribution < -0.4 is 11.1 Å². The summed E-state index contributed by atoms with van der Waals surface area (Å²) in [6, 6.07) is 0.0762. The van der Waals surface area contributed by atoms with Crippen LogP contribution in [0.1, 0.15) is 33.0 Å². The Morgan fingerprint density at radius 2 is 2.00 bits per heavy atom. The highest BCUT2D eigenvalue weighted by atomic mass is 16.2. The van der Waals surface area contributed by atoms with Crippen LogP contribution in [-0.4, -0.2) is 65.0 Å². The highest BCUT2D eigenvalue weighted by molar-refractivity contribution is 5.87. The number of amides is 1. The Labute approximate surface area is 175 Å². The number of carbonyl (C=O) groups is 1. The van der Waals surface area contributed by atoms with Crippen LogP contribution in [0.4, 0.5) is 5.82 Å². The number of nitrogens with two attached hydrogens (primary N) is 1. The van der Waals surface area contributed by atoms with Crippen LogP contribution in [-0.2, 0) is 11.3 Å². The van der Waals surface area contributed by atoms with E-state index in [0.29, 0.717) is 36.8 Å². The van der Waals surface area contributed by atoms with Crippen molar-refractivity contribution < 1.29 is 4.79 Å². The molecule has 10 heteroatoms. The minimum atomic E-state index is -0.873. The van der Waals surface area contributed by atoms with Crippen LogP contribution in [0.5, 0.6) is 0 Å². The average Bonchev–Trinajstić information content (AvgIpc) is 3.32. The van der Waals surface area contributed by atoms with E-state index < -0.39 is 5.54 Å². The van der Waals surface area contributed by atoms with E-state index in [2.05, 4.69) is 25.3 Å². The second kappa shape index (κ2) is 7.60. The van der Waals surface area contributed by atoms with Crippen LogP contribution >= 0.6 is 0 Å². The van der Waals surface area contributed by atoms with E-state index in [1.165, 1.54) is 6.33 Å². The lowest BCUT2D eigenvalue weighted by molar-refractivity contribution is -0.134. The molecule has 1 aliphatic rings. The molecule has 3 N–H and O–H groups in total. The zero-order chi connectivity index (χ0) is 21.5. The first-order valence-corrected chi connectivity index (χ1v) is 10.1. The summed E-state index contributed by atoms with van der Waals surface area (Å²) in [7, 11) is 0. The van der Waals surface area contributed by atoms with Crippen molar-refractivity contribution in [3.05, 3.63) is 24.5 Å². The number of nitrogens with zero attached hydrogens (tertiary/aromatic N) is 7. The van der Waals surface area contributed by atoms with Crippen molar-refractivity contribution in [2.75, 3.05) is 18.4 Å². The predicted octanol–water partition coefficient (Wildman–Crippen LogP) is 1.36. The van der Waals surface area contributed by atoms with Gasteiger partial charge in [0.15, 0.2) is 17.0 Å². The lowest BCUT2D eigenvalue weighted by atomic mass is 10.1. The van der Waals surface area contributed by atoms with Gasteiger partial charge in [0.1, 0.15) is 18.0 Å². The maximum atomic E-state index is 12.5. The summed E-state index contributed by atoms with van der Waals surface area (Å²) in [5.74, 6) is 2.08. The van der Waals surface area contributed by atoms with Crippen LogP contribution in [0.3, 0.4) is 0 Å². The zero-order valence-electron chi connectivity index (χ0n) is 17.8. The number of imidazole rings is 1. The van der Waals surface area contributed by atoms with E-state index in [9.17, 15) is 4.79 Å². The summed E-state index contributed by atoms with van der Waals surface area (Å²) in [4.78, 5) is 36.5. The first-order chi connectivity index (χ1) is 14.3. The molecule has 1 unspecified atom stereocenters. The van der Waals surface area contributed by atoms with Gasteiger partial charge in [-0.15, -0.1) is 0 Å². The van der Waals surface area contributed by atoms with E-state index >= 15 is 0 Å². The third-order valence-electron chi connectivity index (χ3n) is 5.25. The van der Waals surface area contributed by atoms with Crippen molar-refractivity contribution >= 4 is 22.9 Å². The summed E-state index contributed by atoms with van der Waals surface area (Å²) >= 11 is 0. The number of rotatable bonds is 5. The minimum Gasteiger partial charge on any atom is -0.364 e. The molecule has 1 aliphatic heterocycles. The van der Waals surface area contributed by atoms with Crippen LogP contribution in [0, 0.1) is 6.92 Å². The Hall–Kier alpha value is -3.14. The Morgan fingerprint density at radius 3 is 2.67 bits per heavy atom. The molecule has 1 atom stereocenters. The van der Waals surface area contributed by atoms with Gasteiger partial charge in [0.25, 0.3) is 0 Å². The fraction of sp³-hybridized carbons (Fsp3) is 0.500. The van der Waals surface area contributed by atoms with E-state index in [0.717, 1.165) is 23.5 Å². The molecule has 1 fully saturated rings. The summed E-state index contributed by atoms with van der Waals surface area (Å²) in [5, 5.41) is 3.45. The first kappa shape index (κ1) is 20.1. The van der Waals surface area contributed by atoms with Crippen molar-refractivity contribution in [2.45, 2.75) is 52.2 Å². The van der Waals surface area contributed by atoms with Crippen molar-refractivity contribution in [1.82, 2.24) is 34.4 Å². The molecule has 30 heavy (non-hydrogen) atoms. The number of aryl methyl sites for hydroxylation is 2. The van der Waals surface area contributed by atoms with E-state index in [1.54, 1.807) is 31.1 Å². The van der Waals surface area contributed by atoms with Crippen molar-refractivity contribution in [1.29, 1.82) is 0 Å². The average molecular weight is 409 g/mol. The fourth-order valence-electron chi connectivity index (χ4n) is 3.73. The third-order valence-corrected chi connectivity index (χ3v) is 5.25. The predicted molar refractivity (Wildman–Crippen MR) is 114 cm³/mol. The smallest absolute Gasteiger partial charge is 0.242 e. The summed E-state index contributed by atoms with van der Waals surface area (Å²) in [5.41, 5.74) is 7.37. The normalized spacial score (nSPS) is 17.0. The summed E-state index contributed by atoms with van der Waals surface area (Å²) in [6.07, 6.45) is 5.89. The zero-order valence-corrected chi connectivity index (χ0v) is 17.8. The van der Waals surface area contributed by atoms with Crippen LogP contribution in [0.2, 0.25) is 0 Å². The fourth-order valence-corrected chi connectivity index (χ4v) is 3.73. The van der Waals surface area contributed by atoms with Gasteiger partial charge < -0.3 is 20.5 Å². The van der Waals surface area contributed by atoms with Gasteiger partial charge in [-0.25, -0.2) is 24.9 Å². The molecule has 1 saturated heterocycles. The van der Waals surface area contributed by atoms with Crippen molar-refractivity contribution in [3.63, 3.8) is 0 Å². The number of nitrogens with one attached hydrogen (secondary N) is 1. The van der Waals surface area contributed by atoms with Gasteiger partial charge in [-0.1, -0.05) is 0 Å². The molecule has 3 aromatic heterocycles. The second-order valence-electron chi connectivity index (χ2n) is 8.20. The van der Waals surface area contributed by atoms with Gasteiger partial charge in [0.2, 0.25) is 5.91 Å². The van der Waals surface area contributed by atoms with Gasteiger partial charge in [-0.3, -0.25) is 4.79 Å². The second-order valence-corrected chi connectivity index (χ2v) is 8.20. The number of anilines is 1. The van der Waals surface area contributed by atoms with E-state index in [4.69, 9.17) is 10.7 Å². The van der Waals surface area contributed by atoms with Gasteiger partial charge in [0, 0.05) is 38.1 Å². The van der Waals surface area contributed by atoms with Gasteiger partial charge in [0.05, 0.1) is 11.1 Å². The number of carbonyl (C=O) groups excluding carboxylic acids is 1. The monoisotopic (exact) mass is 409 g/mol. The highest BCUT2D eigenvalue weighted by Crippen LogP contribution is 2.27. The Balaban J connectivity index is 1.63. The molecular formula is C20H27N9O. The third kappa shape index (κ3) is 3.70. The molecule has 0 aromatic carbocycles. The molecule has 4 heterocycles.